The van der Waals surface area contributed by atoms with Gasteiger partial charge in [-0.25, -0.2) is 9.67 Å². The van der Waals surface area contributed by atoms with E-state index in [2.05, 4.69) is 15.3 Å². The molecule has 0 N–H and O–H groups in total. The Morgan fingerprint density at radius 1 is 1.45 bits per heavy atom. The molecule has 0 saturated carbocycles. The van der Waals surface area contributed by atoms with Crippen molar-refractivity contribution in [3.05, 3.63) is 17.8 Å². The van der Waals surface area contributed by atoms with Crippen LogP contribution in [0, 0.1) is 6.92 Å². The van der Waals surface area contributed by atoms with Crippen LogP contribution in [-0.2, 0) is 7.05 Å². The maximum absolute atomic E-state index is 4.11. The smallest absolute Gasteiger partial charge is 0.201 e. The number of nitrogens with zero attached hydrogens (tertiary/aromatic N) is 4. The van der Waals surface area contributed by atoms with Gasteiger partial charge in [-0.1, -0.05) is 5.21 Å². The van der Waals surface area contributed by atoms with Gasteiger partial charge in [0.1, 0.15) is 5.52 Å². The minimum absolute atomic E-state index is 0.707. The first-order chi connectivity index (χ1) is 5.27. The van der Waals surface area contributed by atoms with Gasteiger partial charge in [0, 0.05) is 13.2 Å². The summed E-state index contributed by atoms with van der Waals surface area (Å²) in [5, 5.41) is 7.70. The fourth-order valence-corrected chi connectivity index (χ4v) is 1.02. The van der Waals surface area contributed by atoms with Crippen molar-refractivity contribution in [2.24, 2.45) is 7.05 Å². The first-order valence-electron chi connectivity index (χ1n) is 3.39. The Kier molecular flexibility index (Phi) is 1.15. The number of aryl methyl sites for hydroxylation is 2. The number of aromatic nitrogens is 4. The Morgan fingerprint density at radius 3 is 3.09 bits per heavy atom. The Bertz CT molecular complexity index is 390. The maximum Gasteiger partial charge on any atom is 0.201 e. The van der Waals surface area contributed by atoms with Crippen LogP contribution in [0.3, 0.4) is 0 Å². The number of hydrogen-bond donors (Lipinski definition) is 0. The zero-order valence-electron chi connectivity index (χ0n) is 6.44. The molecule has 0 amide bonds. The topological polar surface area (TPSA) is 43.6 Å². The molecule has 0 aliphatic heterocycles. The summed E-state index contributed by atoms with van der Waals surface area (Å²) in [6, 6.07) is 2.02. The van der Waals surface area contributed by atoms with Gasteiger partial charge in [-0.3, -0.25) is 0 Å². The molecule has 0 spiro atoms. The lowest BCUT2D eigenvalue weighted by molar-refractivity contribution is 0.736. The van der Waals surface area contributed by atoms with Gasteiger partial charge in [0.05, 0.1) is 0 Å². The molecule has 2 heterocycles. The Balaban J connectivity index is 2.87. The predicted octanol–water partition coefficient (Wildman–Crippen LogP) is 0.672. The standard InChI is InChI=1S/C7H8N4/c1-5-3-6-7(8-4-5)9-10-11(6)2/h3-4H,1-2H3. The summed E-state index contributed by atoms with van der Waals surface area (Å²) >= 11 is 0. The molecule has 0 fully saturated rings. The average Bonchev–Trinajstić information content (AvgIpc) is 2.33. The lowest BCUT2D eigenvalue weighted by atomic mass is 10.3. The third kappa shape index (κ3) is 0.869. The number of fused-ring (bicyclic) bond motifs is 1. The summed E-state index contributed by atoms with van der Waals surface area (Å²) in [5.41, 5.74) is 2.81. The van der Waals surface area contributed by atoms with Crippen LogP contribution in [0.5, 0.6) is 0 Å². The van der Waals surface area contributed by atoms with E-state index in [1.807, 2.05) is 20.0 Å². The normalized spacial score (nSPS) is 10.7. The molecule has 11 heavy (non-hydrogen) atoms. The number of pyridine rings is 1. The van der Waals surface area contributed by atoms with Gasteiger partial charge in [-0.15, -0.1) is 5.10 Å². The molecule has 0 unspecified atom stereocenters. The van der Waals surface area contributed by atoms with E-state index in [0.29, 0.717) is 5.65 Å². The molecule has 2 aromatic rings. The highest BCUT2D eigenvalue weighted by Crippen LogP contribution is 2.07. The SMILES string of the molecule is Cc1cnc2nnn(C)c2c1. The number of rotatable bonds is 0. The van der Waals surface area contributed by atoms with E-state index in [1.54, 1.807) is 10.9 Å². The maximum atomic E-state index is 4.11. The van der Waals surface area contributed by atoms with E-state index in [1.165, 1.54) is 0 Å². The van der Waals surface area contributed by atoms with E-state index < -0.39 is 0 Å². The predicted molar refractivity (Wildman–Crippen MR) is 41.0 cm³/mol. The van der Waals surface area contributed by atoms with Crippen molar-refractivity contribution >= 4 is 11.2 Å². The van der Waals surface area contributed by atoms with E-state index in [0.717, 1.165) is 11.1 Å². The van der Waals surface area contributed by atoms with Crippen molar-refractivity contribution in [1.29, 1.82) is 0 Å². The van der Waals surface area contributed by atoms with Gasteiger partial charge in [0.15, 0.2) is 0 Å². The van der Waals surface area contributed by atoms with Crippen molar-refractivity contribution < 1.29 is 0 Å². The minimum Gasteiger partial charge on any atom is -0.246 e. The first-order valence-corrected chi connectivity index (χ1v) is 3.39. The van der Waals surface area contributed by atoms with E-state index >= 15 is 0 Å². The van der Waals surface area contributed by atoms with Gasteiger partial charge < -0.3 is 0 Å². The van der Waals surface area contributed by atoms with Crippen LogP contribution in [0.1, 0.15) is 5.56 Å². The van der Waals surface area contributed by atoms with Crippen LogP contribution in [-0.4, -0.2) is 20.0 Å². The highest BCUT2D eigenvalue weighted by Gasteiger charge is 2.00. The van der Waals surface area contributed by atoms with E-state index in [9.17, 15) is 0 Å². The zero-order valence-corrected chi connectivity index (χ0v) is 6.44. The van der Waals surface area contributed by atoms with Crippen molar-refractivity contribution in [2.45, 2.75) is 6.92 Å². The average molecular weight is 148 g/mol. The van der Waals surface area contributed by atoms with Crippen molar-refractivity contribution in [1.82, 2.24) is 20.0 Å². The highest BCUT2D eigenvalue weighted by atomic mass is 15.4. The highest BCUT2D eigenvalue weighted by molar-refractivity contribution is 5.69. The quantitative estimate of drug-likeness (QED) is 0.551. The second-order valence-corrected chi connectivity index (χ2v) is 2.57. The fourth-order valence-electron chi connectivity index (χ4n) is 1.02. The van der Waals surface area contributed by atoms with Crippen LogP contribution in [0.25, 0.3) is 11.2 Å². The minimum atomic E-state index is 0.707. The molecule has 2 aromatic heterocycles. The molecule has 0 aliphatic rings. The van der Waals surface area contributed by atoms with Gasteiger partial charge in [-0.2, -0.15) is 0 Å². The van der Waals surface area contributed by atoms with Crippen molar-refractivity contribution in [3.63, 3.8) is 0 Å². The molecule has 4 heteroatoms. The third-order valence-corrected chi connectivity index (χ3v) is 1.61. The van der Waals surface area contributed by atoms with E-state index in [-0.39, 0.29) is 0 Å². The largest absolute Gasteiger partial charge is 0.246 e. The Morgan fingerprint density at radius 2 is 2.27 bits per heavy atom. The monoisotopic (exact) mass is 148 g/mol. The summed E-state index contributed by atoms with van der Waals surface area (Å²) in [7, 11) is 1.86. The third-order valence-electron chi connectivity index (χ3n) is 1.61. The molecule has 0 radical (unpaired) electrons. The summed E-state index contributed by atoms with van der Waals surface area (Å²) < 4.78 is 1.72. The summed E-state index contributed by atoms with van der Waals surface area (Å²) in [5.74, 6) is 0. The Labute approximate surface area is 63.9 Å². The summed E-state index contributed by atoms with van der Waals surface area (Å²) in [6.07, 6.45) is 1.79. The molecule has 0 aliphatic carbocycles. The zero-order chi connectivity index (χ0) is 7.84. The molecule has 0 atom stereocenters. The second-order valence-electron chi connectivity index (χ2n) is 2.57. The van der Waals surface area contributed by atoms with Gasteiger partial charge in [0.25, 0.3) is 0 Å². The summed E-state index contributed by atoms with van der Waals surface area (Å²) in [6.45, 7) is 2.00. The van der Waals surface area contributed by atoms with Crippen LogP contribution in [0.4, 0.5) is 0 Å². The number of hydrogen-bond acceptors (Lipinski definition) is 3. The van der Waals surface area contributed by atoms with Crippen LogP contribution in [0.15, 0.2) is 12.3 Å². The molecular weight excluding hydrogens is 140 g/mol. The molecule has 2 rings (SSSR count). The molecule has 0 saturated heterocycles. The molecular formula is C7H8N4. The van der Waals surface area contributed by atoms with Gasteiger partial charge in [0.2, 0.25) is 5.65 Å². The van der Waals surface area contributed by atoms with Gasteiger partial charge >= 0.3 is 0 Å². The molecule has 0 aromatic carbocycles. The van der Waals surface area contributed by atoms with Crippen LogP contribution in [0.2, 0.25) is 0 Å². The lowest BCUT2D eigenvalue weighted by Gasteiger charge is -1.91. The first kappa shape index (κ1) is 6.27. The molecule has 0 bridgehead atoms. The van der Waals surface area contributed by atoms with Crippen molar-refractivity contribution in [3.8, 4) is 0 Å². The van der Waals surface area contributed by atoms with Crippen LogP contribution >= 0.6 is 0 Å². The Hall–Kier alpha value is -1.45. The summed E-state index contributed by atoms with van der Waals surface area (Å²) in [4.78, 5) is 4.11. The van der Waals surface area contributed by atoms with Crippen LogP contribution < -0.4 is 0 Å². The van der Waals surface area contributed by atoms with E-state index in [4.69, 9.17) is 0 Å². The van der Waals surface area contributed by atoms with Crippen molar-refractivity contribution in [2.75, 3.05) is 0 Å². The lowest BCUT2D eigenvalue weighted by Crippen LogP contribution is -1.89. The fraction of sp³-hybridized carbons (Fsp3) is 0.286. The van der Waals surface area contributed by atoms with Gasteiger partial charge in [-0.05, 0) is 18.6 Å². The molecule has 56 valence electrons. The second kappa shape index (κ2) is 2.02. The molecule has 4 nitrogen and oxygen atoms in total.